The van der Waals surface area contributed by atoms with Gasteiger partial charge in [0.15, 0.2) is 0 Å². The number of hydrogen-bond donors (Lipinski definition) is 2. The smallest absolute Gasteiger partial charge is 0.408 e. The van der Waals surface area contributed by atoms with Crippen molar-refractivity contribution in [3.63, 3.8) is 0 Å². The lowest BCUT2D eigenvalue weighted by molar-refractivity contribution is -0.140. The lowest BCUT2D eigenvalue weighted by atomic mass is 10.1. The van der Waals surface area contributed by atoms with Crippen molar-refractivity contribution in [2.24, 2.45) is 5.92 Å². The minimum absolute atomic E-state index is 0.0385. The zero-order chi connectivity index (χ0) is 14.4. The number of alkyl carbamates (subject to hydrolysis) is 1. The molecule has 1 amide bonds. The molecule has 0 aliphatic heterocycles. The molecule has 0 saturated heterocycles. The highest BCUT2D eigenvalue weighted by Gasteiger charge is 2.23. The van der Waals surface area contributed by atoms with Crippen LogP contribution < -0.4 is 5.32 Å². The van der Waals surface area contributed by atoms with Crippen LogP contribution in [0.4, 0.5) is 4.79 Å². The molecule has 0 saturated carbocycles. The molecule has 0 bridgehead atoms. The summed E-state index contributed by atoms with van der Waals surface area (Å²) in [6, 6.07) is 5.92. The number of nitrogens with one attached hydrogen (secondary N) is 1. The van der Waals surface area contributed by atoms with Gasteiger partial charge in [-0.15, -0.1) is 0 Å². The number of ether oxygens (including phenoxy) is 1. The van der Waals surface area contributed by atoms with Gasteiger partial charge in [-0.1, -0.05) is 37.6 Å². The Bertz CT molecular complexity index is 462. The van der Waals surface area contributed by atoms with Crippen LogP contribution >= 0.6 is 11.6 Å². The lowest BCUT2D eigenvalue weighted by Crippen LogP contribution is -2.44. The zero-order valence-corrected chi connectivity index (χ0v) is 11.5. The molecule has 2 N–H and O–H groups in total. The van der Waals surface area contributed by atoms with Gasteiger partial charge >= 0.3 is 12.1 Å². The molecule has 5 nitrogen and oxygen atoms in total. The second-order valence-corrected chi connectivity index (χ2v) is 4.85. The maximum Gasteiger partial charge on any atom is 0.408 e. The van der Waals surface area contributed by atoms with Crippen molar-refractivity contribution in [2.45, 2.75) is 26.5 Å². The van der Waals surface area contributed by atoms with Gasteiger partial charge in [0, 0.05) is 5.02 Å². The van der Waals surface area contributed by atoms with Gasteiger partial charge in [0.05, 0.1) is 0 Å². The molecule has 104 valence electrons. The number of rotatable bonds is 5. The second kappa shape index (κ2) is 6.99. The van der Waals surface area contributed by atoms with Crippen LogP contribution in [0.3, 0.4) is 0 Å². The van der Waals surface area contributed by atoms with Crippen LogP contribution in [0.25, 0.3) is 0 Å². The largest absolute Gasteiger partial charge is 0.480 e. The molecule has 0 spiro atoms. The molecule has 19 heavy (non-hydrogen) atoms. The number of carbonyl (C=O) groups is 2. The van der Waals surface area contributed by atoms with E-state index in [4.69, 9.17) is 21.4 Å². The van der Waals surface area contributed by atoms with Crippen LogP contribution in [0.5, 0.6) is 0 Å². The summed E-state index contributed by atoms with van der Waals surface area (Å²) in [7, 11) is 0. The Labute approximate surface area is 116 Å². The number of benzene rings is 1. The highest BCUT2D eigenvalue weighted by molar-refractivity contribution is 6.30. The van der Waals surface area contributed by atoms with Gasteiger partial charge in [-0.05, 0) is 23.6 Å². The molecule has 1 aromatic rings. The third-order valence-corrected chi connectivity index (χ3v) is 2.70. The Balaban J connectivity index is 2.49. The molecule has 0 fully saturated rings. The van der Waals surface area contributed by atoms with Crippen molar-refractivity contribution >= 4 is 23.7 Å². The molecule has 1 aromatic carbocycles. The van der Waals surface area contributed by atoms with Gasteiger partial charge in [-0.3, -0.25) is 0 Å². The first kappa shape index (κ1) is 15.3. The molecule has 1 rings (SSSR count). The van der Waals surface area contributed by atoms with Crippen LogP contribution in [-0.4, -0.2) is 23.2 Å². The monoisotopic (exact) mass is 285 g/mol. The van der Waals surface area contributed by atoms with Gasteiger partial charge in [0.1, 0.15) is 12.6 Å². The number of halogens is 1. The summed E-state index contributed by atoms with van der Waals surface area (Å²) < 4.78 is 4.94. The van der Waals surface area contributed by atoms with Crippen molar-refractivity contribution < 1.29 is 19.4 Å². The average Bonchev–Trinajstić information content (AvgIpc) is 2.32. The standard InChI is InChI=1S/C13H16ClNO4/c1-8(2)11(12(16)17)15-13(18)19-7-9-4-3-5-10(14)6-9/h3-6,8,11H,7H2,1-2H3,(H,15,18)(H,16,17)/t11-/m0/s1. The lowest BCUT2D eigenvalue weighted by Gasteiger charge is -2.17. The zero-order valence-electron chi connectivity index (χ0n) is 10.7. The first-order chi connectivity index (χ1) is 8.90. The van der Waals surface area contributed by atoms with E-state index < -0.39 is 18.1 Å². The van der Waals surface area contributed by atoms with Crippen molar-refractivity contribution in [3.8, 4) is 0 Å². The van der Waals surface area contributed by atoms with E-state index in [9.17, 15) is 9.59 Å². The second-order valence-electron chi connectivity index (χ2n) is 4.41. The summed E-state index contributed by atoms with van der Waals surface area (Å²) in [5.74, 6) is -1.31. The number of hydrogen-bond acceptors (Lipinski definition) is 3. The fourth-order valence-electron chi connectivity index (χ4n) is 1.46. The van der Waals surface area contributed by atoms with Crippen LogP contribution in [0.1, 0.15) is 19.4 Å². The summed E-state index contributed by atoms with van der Waals surface area (Å²) in [6.07, 6.45) is -0.763. The normalized spacial score (nSPS) is 12.0. The van der Waals surface area contributed by atoms with E-state index >= 15 is 0 Å². The summed E-state index contributed by atoms with van der Waals surface area (Å²) in [5.41, 5.74) is 0.735. The summed E-state index contributed by atoms with van der Waals surface area (Å²) >= 11 is 5.79. The third-order valence-electron chi connectivity index (χ3n) is 2.47. The summed E-state index contributed by atoms with van der Waals surface area (Å²) in [5, 5.41) is 11.8. The van der Waals surface area contributed by atoms with Crippen molar-refractivity contribution in [1.82, 2.24) is 5.32 Å². The van der Waals surface area contributed by atoms with Crippen LogP contribution in [0, 0.1) is 5.92 Å². The SMILES string of the molecule is CC(C)[C@H](NC(=O)OCc1cccc(Cl)c1)C(=O)O. The molecular formula is C13H16ClNO4. The van der Waals surface area contributed by atoms with Gasteiger partial charge < -0.3 is 15.2 Å². The summed E-state index contributed by atoms with van der Waals surface area (Å²) in [6.45, 7) is 3.45. The number of aliphatic carboxylic acids is 1. The molecule has 0 radical (unpaired) electrons. The van der Waals surface area contributed by atoms with Crippen molar-refractivity contribution in [3.05, 3.63) is 34.9 Å². The summed E-state index contributed by atoms with van der Waals surface area (Å²) in [4.78, 5) is 22.4. The predicted octanol–water partition coefficient (Wildman–Crippen LogP) is 2.68. The van der Waals surface area contributed by atoms with Crippen LogP contribution in [0.2, 0.25) is 5.02 Å². The van der Waals surface area contributed by atoms with Gasteiger partial charge in [-0.25, -0.2) is 9.59 Å². The van der Waals surface area contributed by atoms with Gasteiger partial charge in [0.2, 0.25) is 0 Å². The highest BCUT2D eigenvalue weighted by Crippen LogP contribution is 2.11. The molecule has 0 unspecified atom stereocenters. The average molecular weight is 286 g/mol. The van der Waals surface area contributed by atoms with E-state index in [1.165, 1.54) is 0 Å². The first-order valence-electron chi connectivity index (χ1n) is 5.80. The van der Waals surface area contributed by atoms with Crippen LogP contribution in [0.15, 0.2) is 24.3 Å². The molecule has 0 aromatic heterocycles. The number of carboxylic acid groups (broad SMARTS) is 1. The third kappa shape index (κ3) is 5.18. The topological polar surface area (TPSA) is 75.6 Å². The minimum atomic E-state index is -1.09. The van der Waals surface area contributed by atoms with Gasteiger partial charge in [-0.2, -0.15) is 0 Å². The van der Waals surface area contributed by atoms with E-state index in [0.717, 1.165) is 5.56 Å². The molecule has 0 aliphatic carbocycles. The number of carboxylic acids is 1. The van der Waals surface area contributed by atoms with Crippen LogP contribution in [-0.2, 0) is 16.1 Å². The molecular weight excluding hydrogens is 270 g/mol. The van der Waals surface area contributed by atoms with Crippen molar-refractivity contribution in [1.29, 1.82) is 0 Å². The fourth-order valence-corrected chi connectivity index (χ4v) is 1.67. The maximum absolute atomic E-state index is 11.5. The molecule has 0 aliphatic rings. The Kier molecular flexibility index (Phi) is 5.63. The van der Waals surface area contributed by atoms with E-state index in [0.29, 0.717) is 5.02 Å². The predicted molar refractivity (Wildman–Crippen MR) is 71.0 cm³/mol. The molecule has 1 atom stereocenters. The van der Waals surface area contributed by atoms with E-state index in [1.807, 2.05) is 0 Å². The Morgan fingerprint density at radius 2 is 2.11 bits per heavy atom. The first-order valence-corrected chi connectivity index (χ1v) is 6.18. The quantitative estimate of drug-likeness (QED) is 0.872. The molecule has 0 heterocycles. The van der Waals surface area contributed by atoms with Gasteiger partial charge in [0.25, 0.3) is 0 Å². The minimum Gasteiger partial charge on any atom is -0.480 e. The van der Waals surface area contributed by atoms with Crippen molar-refractivity contribution in [2.75, 3.05) is 0 Å². The maximum atomic E-state index is 11.5. The van der Waals surface area contributed by atoms with E-state index in [-0.39, 0.29) is 12.5 Å². The van der Waals surface area contributed by atoms with E-state index in [2.05, 4.69) is 5.32 Å². The Morgan fingerprint density at radius 1 is 1.42 bits per heavy atom. The Morgan fingerprint density at radius 3 is 2.63 bits per heavy atom. The number of amides is 1. The number of carbonyl (C=O) groups excluding carboxylic acids is 1. The van der Waals surface area contributed by atoms with E-state index in [1.54, 1.807) is 38.1 Å². The highest BCUT2D eigenvalue weighted by atomic mass is 35.5. The fraction of sp³-hybridized carbons (Fsp3) is 0.385. The Hall–Kier alpha value is -1.75. The molecule has 6 heteroatoms.